The number of aryl methyl sites for hydroxylation is 1. The first-order chi connectivity index (χ1) is 6.59. The summed E-state index contributed by atoms with van der Waals surface area (Å²) in [5.41, 5.74) is 1.07. The Hall–Kier alpha value is 0.01000. The molecule has 0 fully saturated rings. The molecule has 0 aliphatic heterocycles. The third-order valence-corrected chi connectivity index (χ3v) is 4.20. The van der Waals surface area contributed by atoms with Crippen LogP contribution in [0.2, 0.25) is 0 Å². The van der Waals surface area contributed by atoms with Gasteiger partial charge in [0.05, 0.1) is 6.10 Å². The Labute approximate surface area is 94.5 Å². The Bertz CT molecular complexity index is 268. The van der Waals surface area contributed by atoms with Crippen LogP contribution in [0, 0.1) is 12.8 Å². The van der Waals surface area contributed by atoms with Crippen LogP contribution >= 0.6 is 23.1 Å². The molecular formula is C11H18OS2. The SMILES string of the molecule is Cc1cc(C(O)CSCC(C)C)cs1. The molecule has 14 heavy (non-hydrogen) atoms. The normalized spacial score (nSPS) is 13.5. The number of thiophene rings is 1. The molecule has 0 amide bonds. The van der Waals surface area contributed by atoms with Crippen molar-refractivity contribution >= 4 is 23.1 Å². The molecule has 0 spiro atoms. The Morgan fingerprint density at radius 2 is 2.14 bits per heavy atom. The number of thioether (sulfide) groups is 1. The van der Waals surface area contributed by atoms with E-state index in [4.69, 9.17) is 0 Å². The third kappa shape index (κ3) is 4.03. The van der Waals surface area contributed by atoms with Crippen LogP contribution in [0.1, 0.15) is 30.4 Å². The van der Waals surface area contributed by atoms with Gasteiger partial charge in [-0.3, -0.25) is 0 Å². The van der Waals surface area contributed by atoms with Crippen molar-refractivity contribution in [3.8, 4) is 0 Å². The zero-order valence-corrected chi connectivity index (χ0v) is 10.6. The minimum absolute atomic E-state index is 0.288. The molecule has 1 nitrogen and oxygen atoms in total. The highest BCUT2D eigenvalue weighted by atomic mass is 32.2. The van der Waals surface area contributed by atoms with Crippen LogP contribution in [0.4, 0.5) is 0 Å². The maximum Gasteiger partial charge on any atom is 0.0888 e. The molecule has 1 aromatic rings. The van der Waals surface area contributed by atoms with Gasteiger partial charge in [0.25, 0.3) is 0 Å². The molecule has 1 heterocycles. The van der Waals surface area contributed by atoms with Crippen LogP contribution in [-0.4, -0.2) is 16.6 Å². The van der Waals surface area contributed by atoms with E-state index >= 15 is 0 Å². The summed E-state index contributed by atoms with van der Waals surface area (Å²) in [6.45, 7) is 6.48. The molecule has 1 aromatic heterocycles. The minimum atomic E-state index is -0.288. The van der Waals surface area contributed by atoms with E-state index < -0.39 is 0 Å². The Kier molecular flexibility index (Phi) is 4.99. The zero-order chi connectivity index (χ0) is 10.6. The maximum atomic E-state index is 9.83. The lowest BCUT2D eigenvalue weighted by molar-refractivity contribution is 0.204. The zero-order valence-electron chi connectivity index (χ0n) is 8.99. The van der Waals surface area contributed by atoms with Gasteiger partial charge in [-0.05, 0) is 35.6 Å². The standard InChI is InChI=1S/C11H18OS2/c1-8(2)5-13-7-11(12)10-4-9(3)14-6-10/h4,6,8,11-12H,5,7H2,1-3H3. The summed E-state index contributed by atoms with van der Waals surface area (Å²) in [4.78, 5) is 1.27. The molecule has 0 saturated carbocycles. The van der Waals surface area contributed by atoms with E-state index in [0.717, 1.165) is 17.1 Å². The predicted octanol–water partition coefficient (Wildman–Crippen LogP) is 3.48. The van der Waals surface area contributed by atoms with Crippen molar-refractivity contribution in [1.82, 2.24) is 0 Å². The average Bonchev–Trinajstić information content (AvgIpc) is 2.51. The molecule has 3 heteroatoms. The molecule has 0 saturated heterocycles. The Balaban J connectivity index is 2.32. The highest BCUT2D eigenvalue weighted by Gasteiger charge is 2.09. The van der Waals surface area contributed by atoms with Gasteiger partial charge in [0, 0.05) is 10.6 Å². The summed E-state index contributed by atoms with van der Waals surface area (Å²) in [5.74, 6) is 2.64. The molecule has 1 rings (SSSR count). The number of hydrogen-bond donors (Lipinski definition) is 1. The summed E-state index contributed by atoms with van der Waals surface area (Å²) >= 11 is 3.53. The van der Waals surface area contributed by atoms with Crippen molar-refractivity contribution in [2.75, 3.05) is 11.5 Å². The highest BCUT2D eigenvalue weighted by molar-refractivity contribution is 7.99. The molecule has 0 aliphatic carbocycles. The number of rotatable bonds is 5. The summed E-state index contributed by atoms with van der Waals surface area (Å²) in [6.07, 6.45) is -0.288. The fraction of sp³-hybridized carbons (Fsp3) is 0.636. The van der Waals surface area contributed by atoms with Gasteiger partial charge >= 0.3 is 0 Å². The van der Waals surface area contributed by atoms with Crippen molar-refractivity contribution in [1.29, 1.82) is 0 Å². The fourth-order valence-electron chi connectivity index (χ4n) is 1.15. The lowest BCUT2D eigenvalue weighted by atomic mass is 10.2. The van der Waals surface area contributed by atoms with Gasteiger partial charge in [-0.25, -0.2) is 0 Å². The second-order valence-electron chi connectivity index (χ2n) is 3.94. The molecule has 80 valence electrons. The first-order valence-electron chi connectivity index (χ1n) is 4.90. The Morgan fingerprint density at radius 3 is 2.64 bits per heavy atom. The molecular weight excluding hydrogens is 212 g/mol. The summed E-state index contributed by atoms with van der Waals surface area (Å²) < 4.78 is 0. The van der Waals surface area contributed by atoms with E-state index in [9.17, 15) is 5.11 Å². The first-order valence-corrected chi connectivity index (χ1v) is 6.94. The van der Waals surface area contributed by atoms with Gasteiger partial charge in [0.2, 0.25) is 0 Å². The lowest BCUT2D eigenvalue weighted by Crippen LogP contribution is -2.01. The molecule has 0 bridgehead atoms. The van der Waals surface area contributed by atoms with Gasteiger partial charge < -0.3 is 5.11 Å². The van der Waals surface area contributed by atoms with E-state index in [1.54, 1.807) is 11.3 Å². The second kappa shape index (κ2) is 5.79. The molecule has 1 unspecified atom stereocenters. The molecule has 0 radical (unpaired) electrons. The monoisotopic (exact) mass is 230 g/mol. The molecule has 0 aromatic carbocycles. The van der Waals surface area contributed by atoms with E-state index in [2.05, 4.69) is 32.2 Å². The topological polar surface area (TPSA) is 20.2 Å². The predicted molar refractivity (Wildman–Crippen MR) is 66.2 cm³/mol. The van der Waals surface area contributed by atoms with Gasteiger partial charge in [0.1, 0.15) is 0 Å². The van der Waals surface area contributed by atoms with Crippen molar-refractivity contribution in [2.45, 2.75) is 26.9 Å². The van der Waals surface area contributed by atoms with Crippen molar-refractivity contribution in [3.05, 3.63) is 21.9 Å². The van der Waals surface area contributed by atoms with Crippen LogP contribution < -0.4 is 0 Å². The second-order valence-corrected chi connectivity index (χ2v) is 6.13. The summed E-state index contributed by atoms with van der Waals surface area (Å²) in [6, 6.07) is 2.07. The molecule has 1 N–H and O–H groups in total. The van der Waals surface area contributed by atoms with Gasteiger partial charge in [-0.15, -0.1) is 11.3 Å². The van der Waals surface area contributed by atoms with E-state index in [0.29, 0.717) is 5.92 Å². The van der Waals surface area contributed by atoms with Crippen LogP contribution in [0.15, 0.2) is 11.4 Å². The smallest absolute Gasteiger partial charge is 0.0888 e. The lowest BCUT2D eigenvalue weighted by Gasteiger charge is -2.09. The summed E-state index contributed by atoms with van der Waals surface area (Å²) in [5, 5.41) is 11.9. The molecule has 1 atom stereocenters. The van der Waals surface area contributed by atoms with Gasteiger partial charge in [-0.2, -0.15) is 11.8 Å². The number of hydrogen-bond acceptors (Lipinski definition) is 3. The fourth-order valence-corrected chi connectivity index (χ4v) is 2.92. The van der Waals surface area contributed by atoms with Crippen LogP contribution in [0.5, 0.6) is 0 Å². The van der Waals surface area contributed by atoms with E-state index in [1.165, 1.54) is 4.88 Å². The van der Waals surface area contributed by atoms with E-state index in [-0.39, 0.29) is 6.10 Å². The first kappa shape index (κ1) is 12.1. The van der Waals surface area contributed by atoms with Gasteiger partial charge in [0.15, 0.2) is 0 Å². The van der Waals surface area contributed by atoms with Crippen molar-refractivity contribution < 1.29 is 5.11 Å². The number of aliphatic hydroxyl groups excluding tert-OH is 1. The summed E-state index contributed by atoms with van der Waals surface area (Å²) in [7, 11) is 0. The maximum absolute atomic E-state index is 9.83. The Morgan fingerprint density at radius 1 is 1.43 bits per heavy atom. The van der Waals surface area contributed by atoms with Gasteiger partial charge in [-0.1, -0.05) is 13.8 Å². The number of aliphatic hydroxyl groups is 1. The largest absolute Gasteiger partial charge is 0.388 e. The third-order valence-electron chi connectivity index (χ3n) is 1.86. The highest BCUT2D eigenvalue weighted by Crippen LogP contribution is 2.23. The van der Waals surface area contributed by atoms with Crippen molar-refractivity contribution in [2.24, 2.45) is 5.92 Å². The van der Waals surface area contributed by atoms with Crippen LogP contribution in [0.3, 0.4) is 0 Å². The van der Waals surface area contributed by atoms with Crippen LogP contribution in [0.25, 0.3) is 0 Å². The van der Waals surface area contributed by atoms with E-state index in [1.807, 2.05) is 11.8 Å². The van der Waals surface area contributed by atoms with Crippen LogP contribution in [-0.2, 0) is 0 Å². The average molecular weight is 230 g/mol. The quantitative estimate of drug-likeness (QED) is 0.835. The molecule has 0 aliphatic rings. The van der Waals surface area contributed by atoms with Crippen molar-refractivity contribution in [3.63, 3.8) is 0 Å². The minimum Gasteiger partial charge on any atom is -0.388 e.